The number of nitrogens with zero attached hydrogens (tertiary/aromatic N) is 4. The van der Waals surface area contributed by atoms with Gasteiger partial charge in [-0.3, -0.25) is 14.8 Å². The minimum atomic E-state index is -0.512. The first-order valence-electron chi connectivity index (χ1n) is 8.28. The largest absolute Gasteiger partial charge is 0.365 e. The molecule has 8 nitrogen and oxygen atoms in total. The monoisotopic (exact) mass is 413 g/mol. The number of amides is 1. The number of thiazole rings is 1. The van der Waals surface area contributed by atoms with Crippen molar-refractivity contribution in [3.63, 3.8) is 0 Å². The number of allylic oxidation sites excluding steroid dienone is 2. The van der Waals surface area contributed by atoms with E-state index in [1.165, 1.54) is 17.5 Å². The summed E-state index contributed by atoms with van der Waals surface area (Å²) in [7, 11) is 0. The van der Waals surface area contributed by atoms with E-state index in [1.807, 2.05) is 53.0 Å². The fourth-order valence-electron chi connectivity index (χ4n) is 2.73. The second-order valence-electron chi connectivity index (χ2n) is 5.95. The Bertz CT molecular complexity index is 1070. The lowest BCUT2D eigenvalue weighted by Crippen LogP contribution is -2.42. The molecule has 0 saturated heterocycles. The highest BCUT2D eigenvalue weighted by atomic mass is 35.5. The summed E-state index contributed by atoms with van der Waals surface area (Å²) in [6.07, 6.45) is 10.5. The molecule has 10 heteroatoms. The second-order valence-corrected chi connectivity index (χ2v) is 7.38. The molecule has 1 aliphatic rings. The molecule has 0 saturated carbocycles. The van der Waals surface area contributed by atoms with Crippen molar-refractivity contribution < 1.29 is 4.79 Å². The van der Waals surface area contributed by atoms with Crippen molar-refractivity contribution >= 4 is 45.5 Å². The van der Waals surface area contributed by atoms with Crippen molar-refractivity contribution in [3.8, 4) is 0 Å². The highest BCUT2D eigenvalue weighted by Gasteiger charge is 2.22. The van der Waals surface area contributed by atoms with Crippen molar-refractivity contribution in [3.05, 3.63) is 76.6 Å². The Kier molecular flexibility index (Phi) is 4.76. The van der Waals surface area contributed by atoms with E-state index in [9.17, 15) is 4.79 Å². The highest BCUT2D eigenvalue weighted by molar-refractivity contribution is 7.17. The van der Waals surface area contributed by atoms with Crippen LogP contribution < -0.4 is 21.5 Å². The van der Waals surface area contributed by atoms with E-state index in [1.54, 1.807) is 12.5 Å². The van der Waals surface area contributed by atoms with Gasteiger partial charge in [0, 0.05) is 12.4 Å². The van der Waals surface area contributed by atoms with Gasteiger partial charge in [0.2, 0.25) is 0 Å². The summed E-state index contributed by atoms with van der Waals surface area (Å²) in [5.41, 5.74) is 10.4. The number of carbonyl (C=O) groups is 1. The molecule has 0 aliphatic carbocycles. The van der Waals surface area contributed by atoms with E-state index in [2.05, 4.69) is 20.7 Å². The molecule has 4 N–H and O–H groups in total. The Morgan fingerprint density at radius 3 is 2.89 bits per heavy atom. The number of carbonyl (C=O) groups excluding carboxylic acids is 1. The SMILES string of the molecule is Cc1cccc(Cl)c1N1NC(n2ccnc2)=CC=C1Nc1ncc(C(N)=O)s1. The Morgan fingerprint density at radius 2 is 2.21 bits per heavy atom. The average Bonchev–Trinajstić information content (AvgIpc) is 3.35. The molecule has 142 valence electrons. The molecule has 28 heavy (non-hydrogen) atoms. The average molecular weight is 414 g/mol. The lowest BCUT2D eigenvalue weighted by molar-refractivity contribution is 0.100. The molecular weight excluding hydrogens is 398 g/mol. The predicted octanol–water partition coefficient (Wildman–Crippen LogP) is 3.18. The summed E-state index contributed by atoms with van der Waals surface area (Å²) in [6, 6.07) is 5.70. The first kappa shape index (κ1) is 18.1. The number of nitrogens with two attached hydrogens (primary N) is 1. The lowest BCUT2D eigenvalue weighted by atomic mass is 10.2. The van der Waals surface area contributed by atoms with Crippen molar-refractivity contribution in [2.45, 2.75) is 6.92 Å². The standard InChI is InChI=1S/C18H16ClN7OS/c1-11-3-2-4-12(19)16(11)26-14(23-18-22-9-13(28-18)17(20)27)5-6-15(24-26)25-8-7-21-10-25/h2-10,24H,1H3,(H2,20,27)(H,22,23). The molecule has 1 aromatic carbocycles. The van der Waals surface area contributed by atoms with Crippen molar-refractivity contribution in [1.29, 1.82) is 0 Å². The zero-order valence-corrected chi connectivity index (χ0v) is 16.3. The highest BCUT2D eigenvalue weighted by Crippen LogP contribution is 2.33. The third-order valence-corrected chi connectivity index (χ3v) is 5.28. The van der Waals surface area contributed by atoms with Crippen LogP contribution in [0.15, 0.2) is 61.1 Å². The van der Waals surface area contributed by atoms with Gasteiger partial charge in [0.15, 0.2) is 5.13 Å². The van der Waals surface area contributed by atoms with Gasteiger partial charge in [-0.1, -0.05) is 35.1 Å². The number of nitrogens with one attached hydrogen (secondary N) is 2. The van der Waals surface area contributed by atoms with Crippen LogP contribution in [0.5, 0.6) is 0 Å². The maximum absolute atomic E-state index is 11.3. The Morgan fingerprint density at radius 1 is 1.36 bits per heavy atom. The van der Waals surface area contributed by atoms with Gasteiger partial charge in [0.25, 0.3) is 5.91 Å². The quantitative estimate of drug-likeness (QED) is 0.593. The van der Waals surface area contributed by atoms with Gasteiger partial charge in [-0.25, -0.2) is 15.0 Å². The maximum Gasteiger partial charge on any atom is 0.260 e. The summed E-state index contributed by atoms with van der Waals surface area (Å²) < 4.78 is 1.85. The summed E-state index contributed by atoms with van der Waals surface area (Å²) >= 11 is 7.68. The number of hydrazine groups is 1. The molecule has 2 aromatic heterocycles. The van der Waals surface area contributed by atoms with Crippen LogP contribution >= 0.6 is 22.9 Å². The number of benzene rings is 1. The molecule has 0 spiro atoms. The third kappa shape index (κ3) is 3.45. The summed E-state index contributed by atoms with van der Waals surface area (Å²) in [4.78, 5) is 20.0. The van der Waals surface area contributed by atoms with Gasteiger partial charge < -0.3 is 11.1 Å². The Labute approximate surface area is 169 Å². The second kappa shape index (κ2) is 7.37. The van der Waals surface area contributed by atoms with E-state index in [-0.39, 0.29) is 0 Å². The van der Waals surface area contributed by atoms with Gasteiger partial charge in [0.05, 0.1) is 16.9 Å². The first-order valence-corrected chi connectivity index (χ1v) is 9.47. The number of aromatic nitrogens is 3. The predicted molar refractivity (Wildman–Crippen MR) is 111 cm³/mol. The van der Waals surface area contributed by atoms with Crippen LogP contribution in [0.2, 0.25) is 5.02 Å². The zero-order chi connectivity index (χ0) is 19.7. The van der Waals surface area contributed by atoms with Gasteiger partial charge in [-0.2, -0.15) is 0 Å². The van der Waals surface area contributed by atoms with E-state index in [4.69, 9.17) is 17.3 Å². The number of hydrogen-bond acceptors (Lipinski definition) is 7. The van der Waals surface area contributed by atoms with Crippen LogP contribution in [-0.2, 0) is 0 Å². The van der Waals surface area contributed by atoms with E-state index in [0.717, 1.165) is 17.1 Å². The maximum atomic E-state index is 11.3. The minimum Gasteiger partial charge on any atom is -0.365 e. The van der Waals surface area contributed by atoms with Crippen LogP contribution in [0, 0.1) is 6.92 Å². The van der Waals surface area contributed by atoms with Crippen LogP contribution in [0.4, 0.5) is 10.8 Å². The summed E-state index contributed by atoms with van der Waals surface area (Å²) in [5.74, 6) is 0.965. The Hall–Kier alpha value is -3.30. The molecule has 1 amide bonds. The molecule has 0 bridgehead atoms. The summed E-state index contributed by atoms with van der Waals surface area (Å²) in [5, 5.41) is 6.18. The van der Waals surface area contributed by atoms with Crippen LogP contribution in [0.1, 0.15) is 15.2 Å². The fraction of sp³-hybridized carbons (Fsp3) is 0.0556. The first-order chi connectivity index (χ1) is 13.5. The van der Waals surface area contributed by atoms with Crippen LogP contribution in [0.3, 0.4) is 0 Å². The number of para-hydroxylation sites is 1. The third-order valence-electron chi connectivity index (χ3n) is 4.04. The topological polar surface area (TPSA) is 101 Å². The van der Waals surface area contributed by atoms with Gasteiger partial charge in [-0.15, -0.1) is 0 Å². The van der Waals surface area contributed by atoms with Gasteiger partial charge >= 0.3 is 0 Å². The number of anilines is 2. The van der Waals surface area contributed by atoms with Crippen molar-refractivity contribution in [2.24, 2.45) is 5.73 Å². The van der Waals surface area contributed by atoms with Gasteiger partial charge in [0.1, 0.15) is 22.8 Å². The zero-order valence-electron chi connectivity index (χ0n) is 14.8. The van der Waals surface area contributed by atoms with Gasteiger partial charge in [-0.05, 0) is 30.7 Å². The number of hydrogen-bond donors (Lipinski definition) is 3. The smallest absolute Gasteiger partial charge is 0.260 e. The fourth-order valence-corrected chi connectivity index (χ4v) is 3.71. The number of imidazole rings is 1. The number of primary amides is 1. The molecular formula is C18H16ClN7OS. The molecule has 0 unspecified atom stereocenters. The molecule has 3 aromatic rings. The normalized spacial score (nSPS) is 13.6. The molecule has 3 heterocycles. The summed E-state index contributed by atoms with van der Waals surface area (Å²) in [6.45, 7) is 1.98. The molecule has 0 fully saturated rings. The lowest BCUT2D eigenvalue weighted by Gasteiger charge is -2.33. The van der Waals surface area contributed by atoms with Crippen LogP contribution in [-0.4, -0.2) is 20.4 Å². The molecule has 4 rings (SSSR count). The number of aryl methyl sites for hydroxylation is 1. The van der Waals surface area contributed by atoms with E-state index in [0.29, 0.717) is 20.9 Å². The van der Waals surface area contributed by atoms with E-state index < -0.39 is 5.91 Å². The molecule has 1 aliphatic heterocycles. The van der Waals surface area contributed by atoms with Crippen molar-refractivity contribution in [1.82, 2.24) is 20.0 Å². The van der Waals surface area contributed by atoms with Crippen molar-refractivity contribution in [2.75, 3.05) is 10.3 Å². The molecule has 0 atom stereocenters. The minimum absolute atomic E-state index is 0.377. The number of rotatable bonds is 5. The van der Waals surface area contributed by atoms with Crippen LogP contribution in [0.25, 0.3) is 5.82 Å². The number of halogens is 1. The Balaban J connectivity index is 1.73. The molecule has 0 radical (unpaired) electrons. The van der Waals surface area contributed by atoms with E-state index >= 15 is 0 Å².